The maximum absolute atomic E-state index is 13.1. The Morgan fingerprint density at radius 1 is 1.42 bits per heavy atom. The fraction of sp³-hybridized carbons (Fsp3) is 0.800. The molecule has 2 heteroatoms. The van der Waals surface area contributed by atoms with Gasteiger partial charge in [-0.1, -0.05) is 19.3 Å². The van der Waals surface area contributed by atoms with E-state index in [1.54, 1.807) is 0 Å². The van der Waals surface area contributed by atoms with Crippen LogP contribution in [0, 0.1) is 17.8 Å². The summed E-state index contributed by atoms with van der Waals surface area (Å²) in [7, 11) is 0. The number of hydrogen-bond acceptors (Lipinski definition) is 0. The Labute approximate surface area is 72.3 Å². The zero-order chi connectivity index (χ0) is 9.03. The summed E-state index contributed by atoms with van der Waals surface area (Å²) < 4.78 is 26.3. The second-order valence-corrected chi connectivity index (χ2v) is 3.28. The lowest BCUT2D eigenvalue weighted by Gasteiger charge is -2.22. The summed E-state index contributed by atoms with van der Waals surface area (Å²) in [5.74, 6) is 1.36. The summed E-state index contributed by atoms with van der Waals surface area (Å²) in [5, 5.41) is 0. The molecule has 1 atom stereocenters. The Morgan fingerprint density at radius 2 is 2.17 bits per heavy atom. The third-order valence-electron chi connectivity index (χ3n) is 2.36. The van der Waals surface area contributed by atoms with E-state index in [2.05, 4.69) is 11.8 Å². The minimum absolute atomic E-state index is 0.523. The van der Waals surface area contributed by atoms with Crippen molar-refractivity contribution in [2.24, 2.45) is 5.92 Å². The maximum atomic E-state index is 13.1. The third kappa shape index (κ3) is 2.20. The Morgan fingerprint density at radius 3 is 2.83 bits per heavy atom. The fourth-order valence-electron chi connectivity index (χ4n) is 1.53. The van der Waals surface area contributed by atoms with E-state index in [1.807, 2.05) is 6.92 Å². The van der Waals surface area contributed by atoms with Gasteiger partial charge in [0.1, 0.15) is 0 Å². The van der Waals surface area contributed by atoms with E-state index in [0.29, 0.717) is 19.3 Å². The fourth-order valence-corrected chi connectivity index (χ4v) is 1.53. The van der Waals surface area contributed by atoms with Gasteiger partial charge in [-0.05, 0) is 25.2 Å². The molecule has 68 valence electrons. The van der Waals surface area contributed by atoms with Gasteiger partial charge in [-0.2, -0.15) is 8.78 Å². The number of halogens is 2. The lowest BCUT2D eigenvalue weighted by atomic mass is 9.91. The van der Waals surface area contributed by atoms with Crippen molar-refractivity contribution in [3.63, 3.8) is 0 Å². The largest absolute Gasteiger partial charge is 0.310 e. The summed E-state index contributed by atoms with van der Waals surface area (Å²) in [6, 6.07) is 0. The van der Waals surface area contributed by atoms with Gasteiger partial charge in [0.05, 0.1) is 0 Å². The topological polar surface area (TPSA) is 0 Å². The molecule has 0 heterocycles. The van der Waals surface area contributed by atoms with Gasteiger partial charge in [0.25, 0.3) is 0 Å². The first-order chi connectivity index (χ1) is 5.67. The molecule has 0 aromatic heterocycles. The Kier molecular flexibility index (Phi) is 3.08. The number of alkyl halides is 2. The van der Waals surface area contributed by atoms with Crippen molar-refractivity contribution < 1.29 is 8.78 Å². The molecule has 1 aliphatic carbocycles. The molecule has 0 aromatic rings. The Balaban J connectivity index is 2.73. The zero-order valence-electron chi connectivity index (χ0n) is 7.37. The van der Waals surface area contributed by atoms with Crippen molar-refractivity contribution in [2.45, 2.75) is 45.0 Å². The van der Waals surface area contributed by atoms with Gasteiger partial charge in [0.2, 0.25) is 0 Å². The molecule has 12 heavy (non-hydrogen) atoms. The van der Waals surface area contributed by atoms with Gasteiger partial charge in [0, 0.05) is 12.3 Å². The molecule has 0 fully saturated rings. The van der Waals surface area contributed by atoms with Crippen LogP contribution in [-0.2, 0) is 0 Å². The van der Waals surface area contributed by atoms with Crippen LogP contribution >= 0.6 is 0 Å². The molecule has 0 bridgehead atoms. The van der Waals surface area contributed by atoms with Gasteiger partial charge < -0.3 is 0 Å². The van der Waals surface area contributed by atoms with Crippen molar-refractivity contribution in [3.05, 3.63) is 0 Å². The highest BCUT2D eigenvalue weighted by atomic mass is 19.3. The second kappa shape index (κ2) is 3.89. The van der Waals surface area contributed by atoms with Crippen LogP contribution in [0.4, 0.5) is 8.78 Å². The van der Waals surface area contributed by atoms with Crippen LogP contribution in [0.15, 0.2) is 0 Å². The van der Waals surface area contributed by atoms with Gasteiger partial charge in [-0.3, -0.25) is 0 Å². The molecular formula is C10H14F2. The molecule has 0 saturated heterocycles. The molecule has 1 unspecified atom stereocenters. The molecule has 0 spiro atoms. The van der Waals surface area contributed by atoms with Crippen LogP contribution < -0.4 is 0 Å². The second-order valence-electron chi connectivity index (χ2n) is 3.28. The van der Waals surface area contributed by atoms with E-state index >= 15 is 0 Å². The van der Waals surface area contributed by atoms with Gasteiger partial charge >= 0.3 is 5.92 Å². The first-order valence-electron chi connectivity index (χ1n) is 4.54. The van der Waals surface area contributed by atoms with E-state index in [9.17, 15) is 8.78 Å². The van der Waals surface area contributed by atoms with E-state index < -0.39 is 11.8 Å². The summed E-state index contributed by atoms with van der Waals surface area (Å²) in [5.41, 5.74) is 0. The van der Waals surface area contributed by atoms with E-state index in [4.69, 9.17) is 0 Å². The highest BCUT2D eigenvalue weighted by Crippen LogP contribution is 2.32. The van der Waals surface area contributed by atoms with E-state index in [-0.39, 0.29) is 0 Å². The SMILES string of the molecule is CCC1CCCCC#CC1(F)F. The molecule has 1 aliphatic rings. The lowest BCUT2D eigenvalue weighted by Crippen LogP contribution is -2.26. The van der Waals surface area contributed by atoms with Crippen LogP contribution in [0.5, 0.6) is 0 Å². The normalized spacial score (nSPS) is 28.1. The molecule has 0 nitrogen and oxygen atoms in total. The van der Waals surface area contributed by atoms with Gasteiger partial charge in [-0.25, -0.2) is 0 Å². The lowest BCUT2D eigenvalue weighted by molar-refractivity contribution is -0.00614. The molecule has 0 aliphatic heterocycles. The van der Waals surface area contributed by atoms with Crippen molar-refractivity contribution in [1.29, 1.82) is 0 Å². The van der Waals surface area contributed by atoms with Crippen LogP contribution in [0.3, 0.4) is 0 Å². The predicted molar refractivity (Wildman–Crippen MR) is 45.0 cm³/mol. The van der Waals surface area contributed by atoms with Crippen LogP contribution in [-0.4, -0.2) is 5.92 Å². The summed E-state index contributed by atoms with van der Waals surface area (Å²) >= 11 is 0. The average Bonchev–Trinajstić information content (AvgIpc) is 1.99. The Bertz CT molecular complexity index is 198. The smallest absolute Gasteiger partial charge is 0.192 e. The van der Waals surface area contributed by atoms with E-state index in [1.165, 1.54) is 0 Å². The standard InChI is InChI=1S/C10H14F2/c1-2-9-7-5-3-4-6-8-10(9,11)12/h9H,2-5,7H2,1H3. The van der Waals surface area contributed by atoms with Crippen LogP contribution in [0.1, 0.15) is 39.0 Å². The van der Waals surface area contributed by atoms with Gasteiger partial charge in [-0.15, -0.1) is 0 Å². The molecule has 0 saturated carbocycles. The van der Waals surface area contributed by atoms with Crippen molar-refractivity contribution in [1.82, 2.24) is 0 Å². The zero-order valence-corrected chi connectivity index (χ0v) is 7.37. The minimum Gasteiger partial charge on any atom is -0.192 e. The molecular weight excluding hydrogens is 158 g/mol. The van der Waals surface area contributed by atoms with E-state index in [0.717, 1.165) is 12.8 Å². The third-order valence-corrected chi connectivity index (χ3v) is 2.36. The number of rotatable bonds is 1. The van der Waals surface area contributed by atoms with Crippen LogP contribution in [0.25, 0.3) is 0 Å². The molecule has 0 amide bonds. The summed E-state index contributed by atoms with van der Waals surface area (Å²) in [6.45, 7) is 1.81. The molecule has 1 rings (SSSR count). The highest BCUT2D eigenvalue weighted by molar-refractivity contribution is 5.12. The number of hydrogen-bond donors (Lipinski definition) is 0. The first kappa shape index (κ1) is 9.51. The Hall–Kier alpha value is -0.580. The van der Waals surface area contributed by atoms with Crippen molar-refractivity contribution in [3.8, 4) is 11.8 Å². The quantitative estimate of drug-likeness (QED) is 0.533. The van der Waals surface area contributed by atoms with Crippen LogP contribution in [0.2, 0.25) is 0 Å². The first-order valence-corrected chi connectivity index (χ1v) is 4.54. The predicted octanol–water partition coefficient (Wildman–Crippen LogP) is 3.23. The molecule has 0 aromatic carbocycles. The minimum atomic E-state index is -2.74. The molecule has 0 radical (unpaired) electrons. The molecule has 0 N–H and O–H groups in total. The van der Waals surface area contributed by atoms with Gasteiger partial charge in [0.15, 0.2) is 0 Å². The monoisotopic (exact) mass is 172 g/mol. The average molecular weight is 172 g/mol. The summed E-state index contributed by atoms with van der Waals surface area (Å²) in [4.78, 5) is 0. The maximum Gasteiger partial charge on any atom is 0.310 e. The highest BCUT2D eigenvalue weighted by Gasteiger charge is 2.36. The van der Waals surface area contributed by atoms with Crippen molar-refractivity contribution >= 4 is 0 Å². The summed E-state index contributed by atoms with van der Waals surface area (Å²) in [6.07, 6.45) is 3.65. The van der Waals surface area contributed by atoms with Crippen molar-refractivity contribution in [2.75, 3.05) is 0 Å².